The molecular weight excluding hydrogens is 294 g/mol. The van der Waals surface area contributed by atoms with Crippen molar-refractivity contribution in [2.24, 2.45) is 0 Å². The molecule has 1 aromatic rings. The molecule has 0 saturated carbocycles. The summed E-state index contributed by atoms with van der Waals surface area (Å²) >= 11 is 1.63. The minimum Gasteiger partial charge on any atom is -0.538 e. The Balaban J connectivity index is 3.01. The molecule has 1 heterocycles. The Bertz CT molecular complexity index is 435. The molecule has 0 amide bonds. The van der Waals surface area contributed by atoms with Gasteiger partial charge in [0.15, 0.2) is 0 Å². The number of rotatable bonds is 7. The Morgan fingerprint density at radius 2 is 1.67 bits per heavy atom. The van der Waals surface area contributed by atoms with Crippen LogP contribution < -0.4 is 0 Å². The van der Waals surface area contributed by atoms with Crippen molar-refractivity contribution in [3.05, 3.63) is 35.6 Å². The van der Waals surface area contributed by atoms with Crippen LogP contribution in [0.1, 0.15) is 48.5 Å². The van der Waals surface area contributed by atoms with Crippen LogP contribution in [-0.2, 0) is 4.43 Å². The smallest absolute Gasteiger partial charge is 0.259 e. The fourth-order valence-electron chi connectivity index (χ4n) is 3.18. The molecule has 0 radical (unpaired) electrons. The van der Waals surface area contributed by atoms with Crippen molar-refractivity contribution in [1.29, 1.82) is 0 Å². The van der Waals surface area contributed by atoms with Crippen molar-refractivity contribution in [1.82, 2.24) is 4.98 Å². The van der Waals surface area contributed by atoms with E-state index in [1.807, 2.05) is 31.3 Å². The lowest BCUT2D eigenvalue weighted by molar-refractivity contribution is 0.403. The van der Waals surface area contributed by atoms with Gasteiger partial charge in [0.2, 0.25) is 0 Å². The average molecular weight is 324 g/mol. The molecule has 0 atom stereocenters. The maximum atomic E-state index is 6.70. The van der Waals surface area contributed by atoms with Crippen molar-refractivity contribution >= 4 is 20.1 Å². The maximum absolute atomic E-state index is 6.70. The highest BCUT2D eigenvalue weighted by molar-refractivity contribution is 8.02. The van der Waals surface area contributed by atoms with Gasteiger partial charge in [0, 0.05) is 6.20 Å². The molecule has 0 aliphatic heterocycles. The summed E-state index contributed by atoms with van der Waals surface area (Å²) in [6, 6.07) is 5.98. The Hall–Kier alpha value is -0.743. The Morgan fingerprint density at radius 3 is 2.05 bits per heavy atom. The van der Waals surface area contributed by atoms with Crippen LogP contribution >= 0.6 is 11.8 Å². The SMILES string of the molecule is C/C=C(\O[Si](C(C)C)(C(C)C)C(C)C)Sc1ccccn1. The third kappa shape index (κ3) is 4.36. The third-order valence-electron chi connectivity index (χ3n) is 4.06. The Labute approximate surface area is 135 Å². The molecule has 0 aromatic carbocycles. The molecule has 0 spiro atoms. The van der Waals surface area contributed by atoms with E-state index in [1.54, 1.807) is 11.8 Å². The van der Waals surface area contributed by atoms with Crippen molar-refractivity contribution in [3.8, 4) is 0 Å². The zero-order valence-electron chi connectivity index (χ0n) is 14.4. The van der Waals surface area contributed by atoms with Gasteiger partial charge in [-0.1, -0.05) is 47.6 Å². The second-order valence-corrected chi connectivity index (χ2v) is 12.7. The molecule has 0 fully saturated rings. The fraction of sp³-hybridized carbons (Fsp3) is 0.588. The van der Waals surface area contributed by atoms with Gasteiger partial charge in [-0.3, -0.25) is 0 Å². The average Bonchev–Trinajstić information content (AvgIpc) is 2.43. The van der Waals surface area contributed by atoms with E-state index in [9.17, 15) is 0 Å². The summed E-state index contributed by atoms with van der Waals surface area (Å²) in [7, 11) is -1.88. The Morgan fingerprint density at radius 1 is 1.10 bits per heavy atom. The first kappa shape index (κ1) is 18.3. The number of thioether (sulfide) groups is 1. The summed E-state index contributed by atoms with van der Waals surface area (Å²) in [5, 5.41) is 1.99. The topological polar surface area (TPSA) is 22.1 Å². The molecule has 2 nitrogen and oxygen atoms in total. The van der Waals surface area contributed by atoms with Crippen LogP contribution in [0.5, 0.6) is 0 Å². The summed E-state index contributed by atoms with van der Waals surface area (Å²) in [6.45, 7) is 15.9. The molecule has 0 N–H and O–H groups in total. The highest BCUT2D eigenvalue weighted by Gasteiger charge is 2.47. The lowest BCUT2D eigenvalue weighted by Crippen LogP contribution is -2.47. The molecular formula is C17H29NOSSi. The van der Waals surface area contributed by atoms with Crippen LogP contribution in [0.25, 0.3) is 0 Å². The third-order valence-corrected chi connectivity index (χ3v) is 11.2. The van der Waals surface area contributed by atoms with E-state index in [1.165, 1.54) is 0 Å². The standard InChI is InChI=1S/C17H29NOSSi/c1-8-17(20-16-11-9-10-12-18-16)19-21(13(2)3,14(4)5)15(6)7/h8-15H,1-7H3/b17-8+. The monoisotopic (exact) mass is 323 g/mol. The number of hydrogen-bond donors (Lipinski definition) is 0. The van der Waals surface area contributed by atoms with Gasteiger partial charge in [-0.05, 0) is 53.5 Å². The molecule has 1 aromatic heterocycles. The number of nitrogens with zero attached hydrogens (tertiary/aromatic N) is 1. The highest BCUT2D eigenvalue weighted by atomic mass is 32.2. The van der Waals surface area contributed by atoms with Crippen LogP contribution in [0.2, 0.25) is 16.6 Å². The van der Waals surface area contributed by atoms with Gasteiger partial charge >= 0.3 is 0 Å². The first-order valence-corrected chi connectivity index (χ1v) is 10.7. The second-order valence-electron chi connectivity index (χ2n) is 6.30. The zero-order chi connectivity index (χ0) is 16.0. The van der Waals surface area contributed by atoms with Crippen molar-refractivity contribution in [3.63, 3.8) is 0 Å². The van der Waals surface area contributed by atoms with E-state index in [-0.39, 0.29) is 0 Å². The first-order chi connectivity index (χ1) is 9.84. The molecule has 1 rings (SSSR count). The van der Waals surface area contributed by atoms with Gasteiger partial charge in [0.25, 0.3) is 8.32 Å². The van der Waals surface area contributed by atoms with Crippen LogP contribution in [0.15, 0.2) is 40.6 Å². The molecule has 0 aliphatic carbocycles. The Kier molecular flexibility index (Phi) is 7.01. The summed E-state index contributed by atoms with van der Waals surface area (Å²) in [5.74, 6) is 0. The van der Waals surface area contributed by atoms with Crippen molar-refractivity contribution in [2.45, 2.75) is 70.1 Å². The molecule has 4 heteroatoms. The van der Waals surface area contributed by atoms with Crippen molar-refractivity contribution in [2.75, 3.05) is 0 Å². The zero-order valence-corrected chi connectivity index (χ0v) is 16.2. The summed E-state index contributed by atoms with van der Waals surface area (Å²) in [5.41, 5.74) is 1.74. The molecule has 0 bridgehead atoms. The van der Waals surface area contributed by atoms with E-state index >= 15 is 0 Å². The molecule has 21 heavy (non-hydrogen) atoms. The minimum atomic E-state index is -1.88. The van der Waals surface area contributed by atoms with Gasteiger partial charge in [-0.25, -0.2) is 4.98 Å². The largest absolute Gasteiger partial charge is 0.538 e. The van der Waals surface area contributed by atoms with Crippen LogP contribution in [0.4, 0.5) is 0 Å². The second kappa shape index (κ2) is 8.04. The summed E-state index contributed by atoms with van der Waals surface area (Å²) < 4.78 is 6.70. The predicted molar refractivity (Wildman–Crippen MR) is 96.0 cm³/mol. The maximum Gasteiger partial charge on any atom is 0.259 e. The summed E-state index contributed by atoms with van der Waals surface area (Å²) in [4.78, 5) is 4.39. The van der Waals surface area contributed by atoms with Gasteiger partial charge in [-0.2, -0.15) is 0 Å². The fourth-order valence-corrected chi connectivity index (χ4v) is 9.53. The molecule has 0 unspecified atom stereocenters. The normalized spacial score (nSPS) is 13.3. The molecule has 118 valence electrons. The van der Waals surface area contributed by atoms with Crippen LogP contribution in [-0.4, -0.2) is 13.3 Å². The van der Waals surface area contributed by atoms with Crippen molar-refractivity contribution < 1.29 is 4.43 Å². The van der Waals surface area contributed by atoms with Gasteiger partial charge in [0.1, 0.15) is 10.1 Å². The van der Waals surface area contributed by atoms with E-state index in [0.717, 1.165) is 10.1 Å². The highest BCUT2D eigenvalue weighted by Crippen LogP contribution is 2.45. The van der Waals surface area contributed by atoms with Gasteiger partial charge in [-0.15, -0.1) is 0 Å². The quantitative estimate of drug-likeness (QED) is 0.337. The van der Waals surface area contributed by atoms with Gasteiger partial charge in [0.05, 0.1) is 0 Å². The number of allylic oxidation sites excluding steroid dienone is 1. The number of pyridine rings is 1. The van der Waals surface area contributed by atoms with Gasteiger partial charge < -0.3 is 4.43 Å². The summed E-state index contributed by atoms with van der Waals surface area (Å²) in [6.07, 6.45) is 3.90. The van der Waals surface area contributed by atoms with E-state index in [0.29, 0.717) is 16.6 Å². The lowest BCUT2D eigenvalue weighted by Gasteiger charge is -2.42. The number of hydrogen-bond acceptors (Lipinski definition) is 3. The van der Waals surface area contributed by atoms with E-state index in [2.05, 4.69) is 52.6 Å². The number of aromatic nitrogens is 1. The van der Waals surface area contributed by atoms with Crippen LogP contribution in [0, 0.1) is 0 Å². The minimum absolute atomic E-state index is 0.580. The lowest BCUT2D eigenvalue weighted by atomic mass is 10.5. The van der Waals surface area contributed by atoms with E-state index < -0.39 is 8.32 Å². The predicted octanol–water partition coefficient (Wildman–Crippen LogP) is 6.23. The van der Waals surface area contributed by atoms with Crippen LogP contribution in [0.3, 0.4) is 0 Å². The molecule has 0 saturated heterocycles. The first-order valence-electron chi connectivity index (χ1n) is 7.78. The molecule has 0 aliphatic rings. The van der Waals surface area contributed by atoms with E-state index in [4.69, 9.17) is 4.43 Å².